The van der Waals surface area contributed by atoms with E-state index in [-0.39, 0.29) is 18.2 Å². The summed E-state index contributed by atoms with van der Waals surface area (Å²) in [6.07, 6.45) is 2.47. The van der Waals surface area contributed by atoms with Crippen LogP contribution in [0.25, 0.3) is 0 Å². The Morgan fingerprint density at radius 2 is 2.12 bits per heavy atom. The molecule has 0 saturated carbocycles. The topological polar surface area (TPSA) is 33.7 Å². The molecule has 0 aliphatic carbocycles. The molecule has 1 atom stereocenters. The normalized spacial score (nSPS) is 23.7. The SMILES string of the molecule is CCOc1cc(CN2CCC3(CCNC3)C2)ccc1OC(F)F.Cl. The van der Waals surface area contributed by atoms with E-state index < -0.39 is 6.61 Å². The Bertz CT molecular complexity index is 539. The maximum absolute atomic E-state index is 12.4. The lowest BCUT2D eigenvalue weighted by atomic mass is 9.86. The van der Waals surface area contributed by atoms with Crippen LogP contribution in [0.15, 0.2) is 18.2 Å². The number of alkyl halides is 2. The van der Waals surface area contributed by atoms with Gasteiger partial charge in [-0.25, -0.2) is 0 Å². The van der Waals surface area contributed by atoms with Crippen molar-refractivity contribution in [3.8, 4) is 11.5 Å². The summed E-state index contributed by atoms with van der Waals surface area (Å²) in [5.74, 6) is 0.491. The molecule has 1 unspecified atom stereocenters. The monoisotopic (exact) mass is 362 g/mol. The van der Waals surface area contributed by atoms with E-state index in [1.165, 1.54) is 12.8 Å². The first-order valence-corrected chi connectivity index (χ1v) is 8.24. The van der Waals surface area contributed by atoms with E-state index in [0.29, 0.717) is 17.8 Å². The molecule has 2 aliphatic heterocycles. The van der Waals surface area contributed by atoms with Crippen molar-refractivity contribution in [1.82, 2.24) is 10.2 Å². The summed E-state index contributed by atoms with van der Waals surface area (Å²) >= 11 is 0. The van der Waals surface area contributed by atoms with Crippen LogP contribution < -0.4 is 14.8 Å². The van der Waals surface area contributed by atoms with E-state index in [9.17, 15) is 8.78 Å². The molecule has 3 rings (SSSR count). The minimum atomic E-state index is -2.84. The molecule has 0 radical (unpaired) electrons. The lowest BCUT2D eigenvalue weighted by molar-refractivity contribution is -0.0514. The highest BCUT2D eigenvalue weighted by Crippen LogP contribution is 2.37. The Morgan fingerprint density at radius 3 is 2.79 bits per heavy atom. The smallest absolute Gasteiger partial charge is 0.387 e. The zero-order chi connectivity index (χ0) is 16.3. The Balaban J connectivity index is 0.00000208. The first-order chi connectivity index (χ1) is 11.1. The zero-order valence-corrected chi connectivity index (χ0v) is 14.7. The average Bonchev–Trinajstić information content (AvgIpc) is 3.12. The van der Waals surface area contributed by atoms with Crippen molar-refractivity contribution in [2.75, 3.05) is 32.8 Å². The second-order valence-corrected chi connectivity index (χ2v) is 6.48. The van der Waals surface area contributed by atoms with Crippen molar-refractivity contribution in [3.05, 3.63) is 23.8 Å². The molecule has 0 aromatic heterocycles. The van der Waals surface area contributed by atoms with Crippen LogP contribution in [0.4, 0.5) is 8.78 Å². The van der Waals surface area contributed by atoms with Crippen LogP contribution in [0, 0.1) is 5.41 Å². The Labute approximate surface area is 147 Å². The number of nitrogens with one attached hydrogen (secondary N) is 1. The van der Waals surface area contributed by atoms with E-state index in [0.717, 1.165) is 38.3 Å². The van der Waals surface area contributed by atoms with E-state index >= 15 is 0 Å². The first-order valence-electron chi connectivity index (χ1n) is 8.24. The molecule has 136 valence electrons. The quantitative estimate of drug-likeness (QED) is 0.842. The average molecular weight is 363 g/mol. The molecule has 7 heteroatoms. The maximum atomic E-state index is 12.4. The van der Waals surface area contributed by atoms with Gasteiger partial charge in [-0.3, -0.25) is 4.90 Å². The predicted molar refractivity (Wildman–Crippen MR) is 91.3 cm³/mol. The van der Waals surface area contributed by atoms with Crippen molar-refractivity contribution in [2.24, 2.45) is 5.41 Å². The molecule has 1 spiro atoms. The molecule has 2 fully saturated rings. The third kappa shape index (κ3) is 4.49. The Hall–Kier alpha value is -1.11. The summed E-state index contributed by atoms with van der Waals surface area (Å²) in [5, 5.41) is 3.46. The lowest BCUT2D eigenvalue weighted by Gasteiger charge is -2.23. The number of hydrogen-bond donors (Lipinski definition) is 1. The van der Waals surface area contributed by atoms with Gasteiger partial charge in [0.2, 0.25) is 0 Å². The fourth-order valence-corrected chi connectivity index (χ4v) is 3.68. The van der Waals surface area contributed by atoms with Gasteiger partial charge in [-0.1, -0.05) is 6.07 Å². The van der Waals surface area contributed by atoms with Crippen molar-refractivity contribution in [3.63, 3.8) is 0 Å². The van der Waals surface area contributed by atoms with Crippen LogP contribution in [-0.2, 0) is 6.54 Å². The molecular formula is C17H25ClF2N2O2. The number of rotatable bonds is 6. The minimum absolute atomic E-state index is 0. The summed E-state index contributed by atoms with van der Waals surface area (Å²) in [7, 11) is 0. The van der Waals surface area contributed by atoms with Crippen LogP contribution >= 0.6 is 12.4 Å². The highest BCUT2D eigenvalue weighted by atomic mass is 35.5. The number of ether oxygens (including phenoxy) is 2. The van der Waals surface area contributed by atoms with Gasteiger partial charge >= 0.3 is 6.61 Å². The number of likely N-dealkylation sites (tertiary alicyclic amines) is 1. The fourth-order valence-electron chi connectivity index (χ4n) is 3.68. The summed E-state index contributed by atoms with van der Waals surface area (Å²) in [6, 6.07) is 5.24. The van der Waals surface area contributed by atoms with Crippen LogP contribution in [0.3, 0.4) is 0 Å². The molecule has 1 aromatic rings. The standard InChI is InChI=1S/C17H24F2N2O2.ClH/c1-2-22-15-9-13(3-4-14(15)23-16(18)19)10-21-8-6-17(12-21)5-7-20-11-17;/h3-4,9,16,20H,2,5-8,10-12H2,1H3;1H. The molecule has 0 amide bonds. The van der Waals surface area contributed by atoms with E-state index in [2.05, 4.69) is 15.0 Å². The Morgan fingerprint density at radius 1 is 1.29 bits per heavy atom. The van der Waals surface area contributed by atoms with Crippen molar-refractivity contribution >= 4 is 12.4 Å². The van der Waals surface area contributed by atoms with Crippen molar-refractivity contribution in [2.45, 2.75) is 32.9 Å². The number of halogens is 3. The molecular weight excluding hydrogens is 338 g/mol. The van der Waals surface area contributed by atoms with Gasteiger partial charge in [0, 0.05) is 19.6 Å². The number of benzene rings is 1. The van der Waals surface area contributed by atoms with Gasteiger partial charge in [-0.15, -0.1) is 12.4 Å². The van der Waals surface area contributed by atoms with E-state index in [1.54, 1.807) is 6.07 Å². The molecule has 1 aromatic carbocycles. The Kier molecular flexibility index (Phi) is 6.66. The fraction of sp³-hybridized carbons (Fsp3) is 0.647. The van der Waals surface area contributed by atoms with Gasteiger partial charge in [0.15, 0.2) is 11.5 Å². The maximum Gasteiger partial charge on any atom is 0.387 e. The summed E-state index contributed by atoms with van der Waals surface area (Å²) < 4.78 is 34.9. The van der Waals surface area contributed by atoms with Gasteiger partial charge in [0.25, 0.3) is 0 Å². The van der Waals surface area contributed by atoms with Gasteiger partial charge in [-0.2, -0.15) is 8.78 Å². The van der Waals surface area contributed by atoms with E-state index in [1.807, 2.05) is 19.1 Å². The van der Waals surface area contributed by atoms with Gasteiger partial charge < -0.3 is 14.8 Å². The second-order valence-electron chi connectivity index (χ2n) is 6.48. The highest BCUT2D eigenvalue weighted by Gasteiger charge is 2.40. The molecule has 4 nitrogen and oxygen atoms in total. The van der Waals surface area contributed by atoms with Crippen LogP contribution in [0.1, 0.15) is 25.3 Å². The predicted octanol–water partition coefficient (Wildman–Crippen LogP) is 3.29. The third-order valence-electron chi connectivity index (χ3n) is 4.78. The van der Waals surface area contributed by atoms with Gasteiger partial charge in [-0.05, 0) is 56.0 Å². The highest BCUT2D eigenvalue weighted by molar-refractivity contribution is 5.85. The number of hydrogen-bond acceptors (Lipinski definition) is 4. The summed E-state index contributed by atoms with van der Waals surface area (Å²) in [5.41, 5.74) is 1.50. The lowest BCUT2D eigenvalue weighted by Crippen LogP contribution is -2.28. The molecule has 24 heavy (non-hydrogen) atoms. The first kappa shape index (κ1) is 19.2. The number of nitrogens with zero attached hydrogens (tertiary/aromatic N) is 1. The van der Waals surface area contributed by atoms with E-state index in [4.69, 9.17) is 4.74 Å². The largest absolute Gasteiger partial charge is 0.490 e. The minimum Gasteiger partial charge on any atom is -0.490 e. The van der Waals surface area contributed by atoms with Gasteiger partial charge in [0.1, 0.15) is 0 Å². The van der Waals surface area contributed by atoms with Crippen LogP contribution in [-0.4, -0.2) is 44.3 Å². The molecule has 2 heterocycles. The third-order valence-corrected chi connectivity index (χ3v) is 4.78. The zero-order valence-electron chi connectivity index (χ0n) is 13.9. The van der Waals surface area contributed by atoms with Crippen LogP contribution in [0.5, 0.6) is 11.5 Å². The summed E-state index contributed by atoms with van der Waals surface area (Å²) in [6.45, 7) is 4.62. The van der Waals surface area contributed by atoms with Crippen molar-refractivity contribution < 1.29 is 18.3 Å². The molecule has 2 saturated heterocycles. The van der Waals surface area contributed by atoms with Crippen molar-refractivity contribution in [1.29, 1.82) is 0 Å². The molecule has 0 bridgehead atoms. The van der Waals surface area contributed by atoms with Crippen LogP contribution in [0.2, 0.25) is 0 Å². The van der Waals surface area contributed by atoms with Gasteiger partial charge in [0.05, 0.1) is 6.61 Å². The second kappa shape index (κ2) is 8.32. The molecule has 2 aliphatic rings. The summed E-state index contributed by atoms with van der Waals surface area (Å²) in [4.78, 5) is 2.44. The molecule has 1 N–H and O–H groups in total.